The van der Waals surface area contributed by atoms with E-state index in [0.717, 1.165) is 24.5 Å². The molecule has 5 rings (SSSR count). The number of ether oxygens (including phenoxy) is 1. The Hall–Kier alpha value is -0.830. The predicted octanol–water partition coefficient (Wildman–Crippen LogP) is 7.28. The van der Waals surface area contributed by atoms with Gasteiger partial charge in [0.05, 0.1) is 8.07 Å². The first-order chi connectivity index (χ1) is 16.1. The Labute approximate surface area is 230 Å². The van der Waals surface area contributed by atoms with Gasteiger partial charge in [-0.3, -0.25) is 6.54 Å². The third kappa shape index (κ3) is 15.2. The van der Waals surface area contributed by atoms with Crippen molar-refractivity contribution < 1.29 is 30.9 Å². The van der Waals surface area contributed by atoms with Gasteiger partial charge in [0, 0.05) is 13.2 Å². The largest absolute Gasteiger partial charge is 4.00 e. The minimum atomic E-state index is -1.19. The first kappa shape index (κ1) is 31.2. The number of para-hydroxylation sites is 1. The molecule has 0 amide bonds. The van der Waals surface area contributed by atoms with E-state index in [-0.39, 0.29) is 26.2 Å². The fourth-order valence-electron chi connectivity index (χ4n) is 2.88. The van der Waals surface area contributed by atoms with Gasteiger partial charge in [0.15, 0.2) is 0 Å². The van der Waals surface area contributed by atoms with Crippen LogP contribution < -0.4 is 5.19 Å². The average molecular weight is 547 g/mol. The Morgan fingerprint density at radius 3 is 1.44 bits per heavy atom. The minimum absolute atomic E-state index is 0. The molecular weight excluding hydrogens is 510 g/mol. The van der Waals surface area contributed by atoms with Gasteiger partial charge in [-0.05, 0) is 77.0 Å². The van der Waals surface area contributed by atoms with Crippen molar-refractivity contribution in [3.05, 3.63) is 136 Å². The summed E-state index contributed by atoms with van der Waals surface area (Å²) in [6, 6.07) is 18.8. The smallest absolute Gasteiger partial charge is 0.722 e. The van der Waals surface area contributed by atoms with Crippen LogP contribution in [0.4, 0.5) is 5.69 Å². The summed E-state index contributed by atoms with van der Waals surface area (Å²) in [6.07, 6.45) is 22.6. The number of hydrogen-bond acceptors (Lipinski definition) is 1. The van der Waals surface area contributed by atoms with Crippen LogP contribution in [0.1, 0.15) is 18.4 Å². The molecule has 4 heteroatoms. The molecule has 0 N–H and O–H groups in total. The van der Waals surface area contributed by atoms with Crippen molar-refractivity contribution in [3.63, 3.8) is 0 Å². The maximum Gasteiger partial charge on any atom is 4.00 e. The first-order valence-electron chi connectivity index (χ1n) is 11.7. The summed E-state index contributed by atoms with van der Waals surface area (Å²) in [5.74, 6) is 0. The third-order valence-electron chi connectivity index (χ3n) is 4.83. The van der Waals surface area contributed by atoms with Crippen molar-refractivity contribution in [1.82, 2.24) is 0 Å². The van der Waals surface area contributed by atoms with Crippen LogP contribution >= 0.6 is 0 Å². The molecule has 1 aliphatic heterocycles. The standard InChI is InChI=1S/C16H19NSi.2C5H5.C4H8O.Zr/c1-18(2,3)16-11-9-14(10-12-16)13-17-15-7-5-4-6-8-15;3*1-2-4-5-3-1;/h4-13H,1-3H3;2*1-5H;1-4H2;/q-2;;;;+4. The van der Waals surface area contributed by atoms with Gasteiger partial charge >= 0.3 is 26.2 Å². The van der Waals surface area contributed by atoms with Gasteiger partial charge in [-0.2, -0.15) is 12.1 Å². The molecule has 1 saturated heterocycles. The Kier molecular flexibility index (Phi) is 17.8. The van der Waals surface area contributed by atoms with E-state index in [2.05, 4.69) is 49.2 Å². The molecule has 0 aromatic heterocycles. The maximum atomic E-state index is 4.94. The second-order valence-electron chi connectivity index (χ2n) is 8.71. The number of nitrogens with zero attached hydrogens (tertiary/aromatic N) is 1. The van der Waals surface area contributed by atoms with Crippen LogP contribution in [-0.4, -0.2) is 21.3 Å². The van der Waals surface area contributed by atoms with Gasteiger partial charge in [0.25, 0.3) is 0 Å². The molecule has 3 fully saturated rings. The SMILES string of the molecule is C1CCOC1.C[Si](C)(C)c1ccc([CH-][N-]c2ccccc2)cc1.[CH]1[CH][CH][CH][CH]1.[CH]1[CH][CH][CH][CH]1.[Zr+4]. The van der Waals surface area contributed by atoms with Crippen LogP contribution in [0.2, 0.25) is 19.6 Å². The molecular formula is C30H37NOSiZr+2. The average Bonchev–Trinajstić information content (AvgIpc) is 3.65. The Bertz CT molecular complexity index is 656. The van der Waals surface area contributed by atoms with Gasteiger partial charge in [-0.25, -0.2) is 5.56 Å². The van der Waals surface area contributed by atoms with Gasteiger partial charge in [0.1, 0.15) is 0 Å². The van der Waals surface area contributed by atoms with Crippen LogP contribution in [0.3, 0.4) is 0 Å². The van der Waals surface area contributed by atoms with Gasteiger partial charge in [0.2, 0.25) is 0 Å². The molecule has 2 aliphatic carbocycles. The fourth-order valence-corrected chi connectivity index (χ4v) is 4.05. The zero-order chi connectivity index (χ0) is 23.6. The van der Waals surface area contributed by atoms with E-state index in [9.17, 15) is 0 Å². The van der Waals surface area contributed by atoms with E-state index in [1.54, 1.807) is 0 Å². The fraction of sp³-hybridized carbons (Fsp3) is 0.233. The molecule has 2 nitrogen and oxygen atoms in total. The second-order valence-corrected chi connectivity index (χ2v) is 13.8. The maximum absolute atomic E-state index is 4.94. The van der Waals surface area contributed by atoms with Crippen LogP contribution in [0.5, 0.6) is 0 Å². The van der Waals surface area contributed by atoms with Crippen molar-refractivity contribution in [2.24, 2.45) is 0 Å². The van der Waals surface area contributed by atoms with E-state index in [1.807, 2.05) is 101 Å². The summed E-state index contributed by atoms with van der Waals surface area (Å²) in [5, 5.41) is 5.94. The topological polar surface area (TPSA) is 23.3 Å². The zero-order valence-corrected chi connectivity index (χ0v) is 24.2. The Morgan fingerprint density at radius 1 is 0.647 bits per heavy atom. The van der Waals surface area contributed by atoms with Crippen LogP contribution in [-0.2, 0) is 30.9 Å². The van der Waals surface area contributed by atoms with Gasteiger partial charge < -0.3 is 10.1 Å². The Morgan fingerprint density at radius 2 is 1.09 bits per heavy atom. The van der Waals surface area contributed by atoms with Crippen molar-refractivity contribution in [1.29, 1.82) is 0 Å². The molecule has 0 unspecified atom stereocenters. The molecule has 10 radical (unpaired) electrons. The molecule has 1 heterocycles. The van der Waals surface area contributed by atoms with E-state index < -0.39 is 8.07 Å². The monoisotopic (exact) mass is 545 g/mol. The number of hydrogen-bond donors (Lipinski definition) is 0. The summed E-state index contributed by atoms with van der Waals surface area (Å²) >= 11 is 0. The minimum Gasteiger partial charge on any atom is -0.722 e. The quantitative estimate of drug-likeness (QED) is 0.292. The molecule has 3 aliphatic rings. The van der Waals surface area contributed by atoms with Crippen molar-refractivity contribution in [2.45, 2.75) is 32.5 Å². The summed E-state index contributed by atoms with van der Waals surface area (Å²) < 4.78 is 4.94. The summed E-state index contributed by atoms with van der Waals surface area (Å²) in [7, 11) is -1.19. The second kappa shape index (κ2) is 19.4. The summed E-state index contributed by atoms with van der Waals surface area (Å²) in [5.41, 5.74) is 2.15. The molecule has 2 saturated carbocycles. The normalized spacial score (nSPS) is 16.4. The van der Waals surface area contributed by atoms with E-state index in [0.29, 0.717) is 0 Å². The number of benzene rings is 2. The molecule has 0 bridgehead atoms. The van der Waals surface area contributed by atoms with E-state index in [4.69, 9.17) is 4.74 Å². The molecule has 2 aromatic carbocycles. The summed E-state index contributed by atoms with van der Waals surface area (Å²) in [4.78, 5) is 0. The van der Waals surface area contributed by atoms with Crippen molar-refractivity contribution >= 4 is 18.9 Å². The van der Waals surface area contributed by atoms with E-state index in [1.165, 1.54) is 18.0 Å². The molecule has 0 spiro atoms. The summed E-state index contributed by atoms with van der Waals surface area (Å²) in [6.45, 7) is 11.0. The van der Waals surface area contributed by atoms with Gasteiger partial charge in [-0.15, -0.1) is 17.8 Å². The van der Waals surface area contributed by atoms with Crippen molar-refractivity contribution in [2.75, 3.05) is 13.2 Å². The first-order valence-corrected chi connectivity index (χ1v) is 15.2. The van der Waals surface area contributed by atoms with E-state index >= 15 is 0 Å². The van der Waals surface area contributed by atoms with Gasteiger partial charge in [-0.1, -0.05) is 55.2 Å². The van der Waals surface area contributed by atoms with Crippen LogP contribution in [0.15, 0.2) is 54.6 Å². The van der Waals surface area contributed by atoms with Crippen molar-refractivity contribution in [3.8, 4) is 0 Å². The molecule has 174 valence electrons. The molecule has 0 atom stereocenters. The molecule has 2 aromatic rings. The molecule has 34 heavy (non-hydrogen) atoms. The Balaban J connectivity index is 0.000000290. The van der Waals surface area contributed by atoms with Crippen LogP contribution in [0.25, 0.3) is 5.32 Å². The zero-order valence-electron chi connectivity index (χ0n) is 20.7. The van der Waals surface area contributed by atoms with Crippen LogP contribution in [0, 0.1) is 70.8 Å². The third-order valence-corrected chi connectivity index (χ3v) is 6.90. The predicted molar refractivity (Wildman–Crippen MR) is 145 cm³/mol. The number of rotatable bonds is 4.